The van der Waals surface area contributed by atoms with Gasteiger partial charge < -0.3 is 10.1 Å². The van der Waals surface area contributed by atoms with Crippen LogP contribution in [-0.2, 0) is 18.3 Å². The Balaban J connectivity index is 1.96. The fourth-order valence-corrected chi connectivity index (χ4v) is 1.29. The fraction of sp³-hybridized carbons (Fsp3) is 0.800. The third-order valence-electron chi connectivity index (χ3n) is 2.21. The zero-order chi connectivity index (χ0) is 10.9. The lowest BCUT2D eigenvalue weighted by Gasteiger charge is -2.04. The van der Waals surface area contributed by atoms with E-state index in [9.17, 15) is 0 Å². The Bertz CT molecular complexity index is 262. The van der Waals surface area contributed by atoms with E-state index in [2.05, 4.69) is 15.6 Å². The molecule has 0 saturated heterocycles. The van der Waals surface area contributed by atoms with E-state index in [1.165, 1.54) is 0 Å². The quantitative estimate of drug-likeness (QED) is 0.645. The fourth-order valence-electron chi connectivity index (χ4n) is 1.29. The van der Waals surface area contributed by atoms with Gasteiger partial charge in [0.2, 0.25) is 0 Å². The second kappa shape index (κ2) is 7.36. The SMILES string of the molecule is CCOCCCCNCc1cnnn1C. The van der Waals surface area contributed by atoms with Gasteiger partial charge in [0, 0.05) is 26.8 Å². The van der Waals surface area contributed by atoms with Crippen molar-refractivity contribution in [3.63, 3.8) is 0 Å². The molecule has 0 aliphatic rings. The molecule has 0 aliphatic carbocycles. The Labute approximate surface area is 90.8 Å². The summed E-state index contributed by atoms with van der Waals surface area (Å²) in [6.45, 7) is 5.55. The van der Waals surface area contributed by atoms with Crippen LogP contribution in [0.25, 0.3) is 0 Å². The largest absolute Gasteiger partial charge is 0.382 e. The Kier molecular flexibility index (Phi) is 5.96. The van der Waals surface area contributed by atoms with Crippen molar-refractivity contribution in [2.45, 2.75) is 26.3 Å². The number of ether oxygens (including phenoxy) is 1. The summed E-state index contributed by atoms with van der Waals surface area (Å²) in [6, 6.07) is 0. The number of aryl methyl sites for hydroxylation is 1. The maximum atomic E-state index is 5.25. The second-order valence-electron chi connectivity index (χ2n) is 3.43. The maximum absolute atomic E-state index is 5.25. The molecule has 1 rings (SSSR count). The minimum Gasteiger partial charge on any atom is -0.382 e. The highest BCUT2D eigenvalue weighted by Crippen LogP contribution is 1.93. The summed E-state index contributed by atoms with van der Waals surface area (Å²) < 4.78 is 7.04. The van der Waals surface area contributed by atoms with Gasteiger partial charge in [-0.1, -0.05) is 5.21 Å². The summed E-state index contributed by atoms with van der Waals surface area (Å²) in [4.78, 5) is 0. The van der Waals surface area contributed by atoms with E-state index in [4.69, 9.17) is 4.74 Å². The first kappa shape index (κ1) is 12.1. The van der Waals surface area contributed by atoms with Crippen LogP contribution in [0.2, 0.25) is 0 Å². The normalized spacial score (nSPS) is 10.8. The topological polar surface area (TPSA) is 52.0 Å². The van der Waals surface area contributed by atoms with Crippen molar-refractivity contribution in [2.75, 3.05) is 19.8 Å². The number of nitrogens with one attached hydrogen (secondary N) is 1. The van der Waals surface area contributed by atoms with Crippen LogP contribution in [0.3, 0.4) is 0 Å². The molecule has 1 heterocycles. The third kappa shape index (κ3) is 4.90. The molecule has 1 aromatic heterocycles. The lowest BCUT2D eigenvalue weighted by Crippen LogP contribution is -2.17. The van der Waals surface area contributed by atoms with E-state index in [0.717, 1.165) is 44.8 Å². The third-order valence-corrected chi connectivity index (χ3v) is 2.21. The predicted octanol–water partition coefficient (Wildman–Crippen LogP) is 0.721. The van der Waals surface area contributed by atoms with Crippen LogP contribution in [-0.4, -0.2) is 34.8 Å². The van der Waals surface area contributed by atoms with Crippen molar-refractivity contribution < 1.29 is 4.74 Å². The van der Waals surface area contributed by atoms with Crippen molar-refractivity contribution in [3.05, 3.63) is 11.9 Å². The maximum Gasteiger partial charge on any atom is 0.0738 e. The van der Waals surface area contributed by atoms with E-state index in [-0.39, 0.29) is 0 Å². The van der Waals surface area contributed by atoms with E-state index in [0.29, 0.717) is 0 Å². The van der Waals surface area contributed by atoms with Crippen LogP contribution < -0.4 is 5.32 Å². The molecule has 86 valence electrons. The molecule has 0 spiro atoms. The highest BCUT2D eigenvalue weighted by atomic mass is 16.5. The first-order valence-electron chi connectivity index (χ1n) is 5.46. The molecular weight excluding hydrogens is 192 g/mol. The molecule has 0 fully saturated rings. The molecule has 5 heteroatoms. The lowest BCUT2D eigenvalue weighted by atomic mass is 10.3. The molecule has 15 heavy (non-hydrogen) atoms. The predicted molar refractivity (Wildman–Crippen MR) is 58.4 cm³/mol. The summed E-state index contributed by atoms with van der Waals surface area (Å²) >= 11 is 0. The Morgan fingerprint density at radius 2 is 2.33 bits per heavy atom. The van der Waals surface area contributed by atoms with Crippen molar-refractivity contribution in [3.8, 4) is 0 Å². The van der Waals surface area contributed by atoms with E-state index in [1.54, 1.807) is 10.9 Å². The smallest absolute Gasteiger partial charge is 0.0738 e. The standard InChI is InChI=1S/C10H20N4O/c1-3-15-7-5-4-6-11-8-10-9-12-13-14(10)2/h9,11H,3-8H2,1-2H3. The van der Waals surface area contributed by atoms with Crippen molar-refractivity contribution in [1.82, 2.24) is 20.3 Å². The number of rotatable bonds is 8. The van der Waals surface area contributed by atoms with Gasteiger partial charge in [0.25, 0.3) is 0 Å². The number of unbranched alkanes of at least 4 members (excludes halogenated alkanes) is 1. The van der Waals surface area contributed by atoms with Crippen molar-refractivity contribution in [2.24, 2.45) is 7.05 Å². The number of hydrogen-bond donors (Lipinski definition) is 1. The molecule has 0 bridgehead atoms. The van der Waals surface area contributed by atoms with Gasteiger partial charge in [-0.05, 0) is 26.3 Å². The van der Waals surface area contributed by atoms with E-state index >= 15 is 0 Å². The average Bonchev–Trinajstić information content (AvgIpc) is 2.63. The average molecular weight is 212 g/mol. The summed E-state index contributed by atoms with van der Waals surface area (Å²) in [5, 5.41) is 11.0. The molecule has 1 N–H and O–H groups in total. The summed E-state index contributed by atoms with van der Waals surface area (Å²) in [6.07, 6.45) is 4.04. The molecule has 1 aromatic rings. The van der Waals surface area contributed by atoms with Gasteiger partial charge in [0.1, 0.15) is 0 Å². The van der Waals surface area contributed by atoms with Gasteiger partial charge in [0.05, 0.1) is 11.9 Å². The zero-order valence-electron chi connectivity index (χ0n) is 9.57. The van der Waals surface area contributed by atoms with Crippen LogP contribution >= 0.6 is 0 Å². The zero-order valence-corrected chi connectivity index (χ0v) is 9.57. The number of aromatic nitrogens is 3. The van der Waals surface area contributed by atoms with Crippen LogP contribution in [0, 0.1) is 0 Å². The van der Waals surface area contributed by atoms with Crippen LogP contribution in [0.1, 0.15) is 25.5 Å². The first-order valence-corrected chi connectivity index (χ1v) is 5.46. The molecule has 0 amide bonds. The summed E-state index contributed by atoms with van der Waals surface area (Å²) in [5.74, 6) is 0. The van der Waals surface area contributed by atoms with E-state index < -0.39 is 0 Å². The highest BCUT2D eigenvalue weighted by molar-refractivity contribution is 4.91. The molecule has 5 nitrogen and oxygen atoms in total. The van der Waals surface area contributed by atoms with Crippen LogP contribution in [0.4, 0.5) is 0 Å². The second-order valence-corrected chi connectivity index (χ2v) is 3.43. The summed E-state index contributed by atoms with van der Waals surface area (Å²) in [7, 11) is 1.90. The molecule has 0 radical (unpaired) electrons. The van der Waals surface area contributed by atoms with Crippen molar-refractivity contribution in [1.29, 1.82) is 0 Å². The van der Waals surface area contributed by atoms with Crippen molar-refractivity contribution >= 4 is 0 Å². The lowest BCUT2D eigenvalue weighted by molar-refractivity contribution is 0.143. The molecular formula is C10H20N4O. The van der Waals surface area contributed by atoms with Gasteiger partial charge in [-0.15, -0.1) is 5.10 Å². The van der Waals surface area contributed by atoms with Gasteiger partial charge in [-0.3, -0.25) is 4.68 Å². The Hall–Kier alpha value is -0.940. The summed E-state index contributed by atoms with van der Waals surface area (Å²) in [5.41, 5.74) is 1.11. The highest BCUT2D eigenvalue weighted by Gasteiger charge is 1.97. The monoisotopic (exact) mass is 212 g/mol. The van der Waals surface area contributed by atoms with Gasteiger partial charge in [0.15, 0.2) is 0 Å². The number of hydrogen-bond acceptors (Lipinski definition) is 4. The minimum absolute atomic E-state index is 0.814. The van der Waals surface area contributed by atoms with Crippen LogP contribution in [0.5, 0.6) is 0 Å². The molecule has 0 aliphatic heterocycles. The molecule has 0 saturated carbocycles. The Morgan fingerprint density at radius 3 is 3.00 bits per heavy atom. The van der Waals surface area contributed by atoms with E-state index in [1.807, 2.05) is 14.0 Å². The van der Waals surface area contributed by atoms with Gasteiger partial charge in [-0.2, -0.15) is 0 Å². The van der Waals surface area contributed by atoms with Gasteiger partial charge in [-0.25, -0.2) is 0 Å². The Morgan fingerprint density at radius 1 is 1.47 bits per heavy atom. The molecule has 0 aromatic carbocycles. The molecule has 0 atom stereocenters. The number of nitrogens with zero attached hydrogens (tertiary/aromatic N) is 3. The minimum atomic E-state index is 0.814. The molecule has 0 unspecified atom stereocenters. The first-order chi connectivity index (χ1) is 7.34. The van der Waals surface area contributed by atoms with Gasteiger partial charge >= 0.3 is 0 Å². The van der Waals surface area contributed by atoms with Crippen LogP contribution in [0.15, 0.2) is 6.20 Å².